The predicted octanol–water partition coefficient (Wildman–Crippen LogP) is 0.376. The number of hydrogen-bond donors (Lipinski definition) is 0. The van der Waals surface area contributed by atoms with Gasteiger partial charge in [0.05, 0.1) is 17.6 Å². The first-order chi connectivity index (χ1) is 8.16. The molecule has 0 aromatic carbocycles. The van der Waals surface area contributed by atoms with E-state index in [0.717, 1.165) is 5.69 Å². The second-order valence-corrected chi connectivity index (χ2v) is 4.76. The first-order valence-corrected chi connectivity index (χ1v) is 6.51. The fourth-order valence-electron chi connectivity index (χ4n) is 1.86. The third-order valence-corrected chi connectivity index (χ3v) is 3.53. The van der Waals surface area contributed by atoms with Gasteiger partial charge in [0.15, 0.2) is 0 Å². The third-order valence-electron chi connectivity index (χ3n) is 2.89. The fraction of sp³-hybridized carbons (Fsp3) is 0.545. The van der Waals surface area contributed by atoms with Crippen LogP contribution in [0.1, 0.15) is 12.6 Å². The van der Waals surface area contributed by atoms with Gasteiger partial charge in [0.25, 0.3) is 0 Å². The molecule has 1 aromatic rings. The van der Waals surface area contributed by atoms with Crippen molar-refractivity contribution in [1.82, 2.24) is 14.8 Å². The molecule has 1 aliphatic heterocycles. The Kier molecular flexibility index (Phi) is 3.73. The summed E-state index contributed by atoms with van der Waals surface area (Å²) in [6, 6.07) is 0. The van der Waals surface area contributed by atoms with Crippen molar-refractivity contribution in [2.24, 2.45) is 0 Å². The maximum Gasteiger partial charge on any atom is 0.228 e. The molecule has 0 radical (unpaired) electrons. The Labute approximate surface area is 104 Å². The zero-order chi connectivity index (χ0) is 12.3. The molecule has 0 N–H and O–H groups in total. The minimum atomic E-state index is 0.0802. The van der Waals surface area contributed by atoms with Crippen molar-refractivity contribution < 1.29 is 9.59 Å². The van der Waals surface area contributed by atoms with Gasteiger partial charge in [-0.15, -0.1) is 11.3 Å². The number of amides is 2. The van der Waals surface area contributed by atoms with Crippen molar-refractivity contribution in [3.63, 3.8) is 0 Å². The average Bonchev–Trinajstić information content (AvgIpc) is 2.82. The number of carbonyl (C=O) groups excluding carboxylic acids is 2. The Morgan fingerprint density at radius 3 is 2.47 bits per heavy atom. The van der Waals surface area contributed by atoms with E-state index >= 15 is 0 Å². The summed E-state index contributed by atoms with van der Waals surface area (Å²) in [5.74, 6) is 0.177. The van der Waals surface area contributed by atoms with Crippen LogP contribution in [-0.4, -0.2) is 52.8 Å². The van der Waals surface area contributed by atoms with E-state index in [1.807, 2.05) is 5.38 Å². The molecule has 17 heavy (non-hydrogen) atoms. The van der Waals surface area contributed by atoms with Crippen LogP contribution in [0, 0.1) is 0 Å². The molecule has 2 rings (SSSR count). The lowest BCUT2D eigenvalue weighted by molar-refractivity contribution is -0.138. The van der Waals surface area contributed by atoms with Crippen molar-refractivity contribution in [1.29, 1.82) is 0 Å². The van der Waals surface area contributed by atoms with E-state index in [4.69, 9.17) is 0 Å². The maximum absolute atomic E-state index is 11.9. The number of thiazole rings is 1. The van der Waals surface area contributed by atoms with Crippen molar-refractivity contribution >= 4 is 23.2 Å². The molecule has 0 spiro atoms. The van der Waals surface area contributed by atoms with Gasteiger partial charge >= 0.3 is 0 Å². The molecule has 1 fully saturated rings. The summed E-state index contributed by atoms with van der Waals surface area (Å²) in [7, 11) is 0. The van der Waals surface area contributed by atoms with E-state index in [0.29, 0.717) is 32.6 Å². The quantitative estimate of drug-likeness (QED) is 0.765. The highest BCUT2D eigenvalue weighted by atomic mass is 32.1. The first kappa shape index (κ1) is 12.0. The highest BCUT2D eigenvalue weighted by Gasteiger charge is 2.22. The molecule has 1 saturated heterocycles. The summed E-state index contributed by atoms with van der Waals surface area (Å²) in [5.41, 5.74) is 2.56. The molecule has 0 unspecified atom stereocenters. The van der Waals surface area contributed by atoms with Crippen molar-refractivity contribution in [2.45, 2.75) is 13.3 Å². The molecular formula is C11H15N3O2S. The van der Waals surface area contributed by atoms with Gasteiger partial charge in [-0.25, -0.2) is 4.98 Å². The molecule has 0 saturated carbocycles. The molecule has 0 bridgehead atoms. The largest absolute Gasteiger partial charge is 0.339 e. The lowest BCUT2D eigenvalue weighted by atomic mass is 10.2. The van der Waals surface area contributed by atoms with E-state index in [1.165, 1.54) is 11.3 Å². The first-order valence-electron chi connectivity index (χ1n) is 5.57. The summed E-state index contributed by atoms with van der Waals surface area (Å²) in [5, 5.41) is 1.89. The predicted molar refractivity (Wildman–Crippen MR) is 64.7 cm³/mol. The van der Waals surface area contributed by atoms with E-state index in [9.17, 15) is 9.59 Å². The number of hydrogen-bond acceptors (Lipinski definition) is 4. The standard InChI is InChI=1S/C11H15N3O2S/c1-9(15)13-2-4-14(5-3-13)11(16)6-10-7-17-8-12-10/h7-8H,2-6H2,1H3. The van der Waals surface area contributed by atoms with Gasteiger partial charge in [0, 0.05) is 38.5 Å². The molecular weight excluding hydrogens is 238 g/mol. The molecule has 2 heterocycles. The number of aromatic nitrogens is 1. The van der Waals surface area contributed by atoms with E-state index in [1.54, 1.807) is 22.2 Å². The molecule has 5 nitrogen and oxygen atoms in total. The Hall–Kier alpha value is -1.43. The Balaban J connectivity index is 1.84. The summed E-state index contributed by atoms with van der Waals surface area (Å²) < 4.78 is 0. The minimum Gasteiger partial charge on any atom is -0.339 e. The summed E-state index contributed by atoms with van der Waals surface area (Å²) in [4.78, 5) is 30.8. The van der Waals surface area contributed by atoms with Gasteiger partial charge < -0.3 is 9.80 Å². The van der Waals surface area contributed by atoms with Gasteiger partial charge in [-0.1, -0.05) is 0 Å². The van der Waals surface area contributed by atoms with Gasteiger partial charge in [0.1, 0.15) is 0 Å². The number of nitrogens with zero attached hydrogens (tertiary/aromatic N) is 3. The summed E-state index contributed by atoms with van der Waals surface area (Å²) >= 11 is 1.50. The molecule has 6 heteroatoms. The van der Waals surface area contributed by atoms with Crippen LogP contribution in [-0.2, 0) is 16.0 Å². The van der Waals surface area contributed by atoms with E-state index in [-0.39, 0.29) is 11.8 Å². The molecule has 2 amide bonds. The van der Waals surface area contributed by atoms with Crippen LogP contribution in [0.15, 0.2) is 10.9 Å². The lowest BCUT2D eigenvalue weighted by Gasteiger charge is -2.34. The van der Waals surface area contributed by atoms with E-state index < -0.39 is 0 Å². The van der Waals surface area contributed by atoms with Crippen LogP contribution in [0.4, 0.5) is 0 Å². The smallest absolute Gasteiger partial charge is 0.228 e. The monoisotopic (exact) mass is 253 g/mol. The molecule has 0 aliphatic carbocycles. The Morgan fingerprint density at radius 1 is 1.29 bits per heavy atom. The molecule has 92 valence electrons. The number of carbonyl (C=O) groups is 2. The van der Waals surface area contributed by atoms with Crippen LogP contribution in [0.25, 0.3) is 0 Å². The second-order valence-electron chi connectivity index (χ2n) is 4.04. The molecule has 0 atom stereocenters. The summed E-state index contributed by atoms with van der Waals surface area (Å²) in [6.07, 6.45) is 0.365. The van der Waals surface area contributed by atoms with Crippen molar-refractivity contribution in [3.05, 3.63) is 16.6 Å². The van der Waals surface area contributed by atoms with Crippen LogP contribution >= 0.6 is 11.3 Å². The number of piperazine rings is 1. The van der Waals surface area contributed by atoms with Crippen LogP contribution in [0.3, 0.4) is 0 Å². The fourth-order valence-corrected chi connectivity index (χ4v) is 2.42. The van der Waals surface area contributed by atoms with Gasteiger partial charge in [0.2, 0.25) is 11.8 Å². The van der Waals surface area contributed by atoms with Crippen molar-refractivity contribution in [3.8, 4) is 0 Å². The van der Waals surface area contributed by atoms with Crippen molar-refractivity contribution in [2.75, 3.05) is 26.2 Å². The zero-order valence-electron chi connectivity index (χ0n) is 9.76. The normalized spacial score (nSPS) is 16.1. The lowest BCUT2D eigenvalue weighted by Crippen LogP contribution is -2.50. The Bertz CT molecular complexity index is 397. The van der Waals surface area contributed by atoms with Gasteiger partial charge in [-0.2, -0.15) is 0 Å². The Morgan fingerprint density at radius 2 is 1.94 bits per heavy atom. The van der Waals surface area contributed by atoms with Crippen LogP contribution in [0.2, 0.25) is 0 Å². The maximum atomic E-state index is 11.9. The van der Waals surface area contributed by atoms with Crippen LogP contribution in [0.5, 0.6) is 0 Å². The van der Waals surface area contributed by atoms with E-state index in [2.05, 4.69) is 4.98 Å². The minimum absolute atomic E-state index is 0.0802. The van der Waals surface area contributed by atoms with Gasteiger partial charge in [-0.3, -0.25) is 9.59 Å². The highest BCUT2D eigenvalue weighted by molar-refractivity contribution is 7.07. The second kappa shape index (κ2) is 5.27. The highest BCUT2D eigenvalue weighted by Crippen LogP contribution is 2.07. The topological polar surface area (TPSA) is 53.5 Å². The zero-order valence-corrected chi connectivity index (χ0v) is 10.6. The SMILES string of the molecule is CC(=O)N1CCN(C(=O)Cc2cscn2)CC1. The average molecular weight is 253 g/mol. The van der Waals surface area contributed by atoms with Gasteiger partial charge in [-0.05, 0) is 0 Å². The molecule has 1 aromatic heterocycles. The molecule has 1 aliphatic rings. The summed E-state index contributed by atoms with van der Waals surface area (Å²) in [6.45, 7) is 4.09. The number of rotatable bonds is 2. The van der Waals surface area contributed by atoms with Crippen LogP contribution < -0.4 is 0 Å². The third kappa shape index (κ3) is 3.03.